The highest BCUT2D eigenvalue weighted by atomic mass is 79.9. The Balaban J connectivity index is 1.97. The lowest BCUT2D eigenvalue weighted by Gasteiger charge is -2.37. The van der Waals surface area contributed by atoms with E-state index in [2.05, 4.69) is 20.8 Å². The first-order valence-electron chi connectivity index (χ1n) is 8.75. The highest BCUT2D eigenvalue weighted by Crippen LogP contribution is 2.45. The van der Waals surface area contributed by atoms with E-state index in [9.17, 15) is 8.42 Å². The number of ether oxygens (including phenoxy) is 1. The van der Waals surface area contributed by atoms with Gasteiger partial charge < -0.3 is 9.64 Å². The summed E-state index contributed by atoms with van der Waals surface area (Å²) in [6.45, 7) is 11.0. The van der Waals surface area contributed by atoms with Crippen molar-refractivity contribution < 1.29 is 13.2 Å². The molecular formula is C18H26BrClN2O3S. The maximum atomic E-state index is 13.1. The number of fused-ring (bicyclic) bond motifs is 1. The molecule has 1 saturated heterocycles. The summed E-state index contributed by atoms with van der Waals surface area (Å²) in [5, 5.41) is 0.612. The fraction of sp³-hybridized carbons (Fsp3) is 0.667. The fourth-order valence-electron chi connectivity index (χ4n) is 3.81. The number of halogens is 2. The van der Waals surface area contributed by atoms with E-state index in [4.69, 9.17) is 16.3 Å². The molecule has 0 N–H and O–H groups in total. The molecule has 1 aromatic rings. The first-order chi connectivity index (χ1) is 11.8. The topological polar surface area (TPSA) is 49.9 Å². The smallest absolute Gasteiger partial charge is 0.219 e. The molecule has 1 atom stereocenters. The molecule has 0 radical (unpaired) electrons. The van der Waals surface area contributed by atoms with Crippen LogP contribution in [0, 0.1) is 0 Å². The van der Waals surface area contributed by atoms with Crippen LogP contribution in [0.4, 0.5) is 5.69 Å². The lowest BCUT2D eigenvalue weighted by Crippen LogP contribution is -2.50. The molecule has 1 aromatic carbocycles. The molecule has 0 saturated carbocycles. The quantitative estimate of drug-likeness (QED) is 0.654. The Labute approximate surface area is 169 Å². The summed E-state index contributed by atoms with van der Waals surface area (Å²) >= 11 is 9.75. The van der Waals surface area contributed by atoms with Crippen LogP contribution in [0.3, 0.4) is 0 Å². The minimum atomic E-state index is -3.41. The molecule has 1 unspecified atom stereocenters. The second kappa shape index (κ2) is 6.54. The Morgan fingerprint density at radius 3 is 2.58 bits per heavy atom. The third-order valence-corrected chi connectivity index (χ3v) is 8.76. The lowest BCUT2D eigenvalue weighted by atomic mass is 10.00. The van der Waals surface area contributed by atoms with Crippen molar-refractivity contribution in [2.24, 2.45) is 0 Å². The lowest BCUT2D eigenvalue weighted by molar-refractivity contribution is 0.284. The molecule has 3 rings (SSSR count). The van der Waals surface area contributed by atoms with E-state index in [1.54, 1.807) is 25.1 Å². The SMILES string of the molecule is CC1(C)CC(N2CCOc3cc(Cl)cc(Br)c32)CN1S(=O)(=O)C(C)(C)C. The summed E-state index contributed by atoms with van der Waals surface area (Å²) in [5.41, 5.74) is 0.519. The second-order valence-corrected chi connectivity index (χ2v) is 12.5. The fourth-order valence-corrected chi connectivity index (χ4v) is 6.57. The Morgan fingerprint density at radius 2 is 1.96 bits per heavy atom. The van der Waals surface area contributed by atoms with Gasteiger partial charge >= 0.3 is 0 Å². The molecule has 26 heavy (non-hydrogen) atoms. The van der Waals surface area contributed by atoms with Crippen molar-refractivity contribution in [1.29, 1.82) is 0 Å². The summed E-state index contributed by atoms with van der Waals surface area (Å²) in [5.74, 6) is 0.741. The number of hydrogen-bond donors (Lipinski definition) is 0. The third kappa shape index (κ3) is 3.36. The number of rotatable bonds is 2. The molecule has 8 heteroatoms. The minimum Gasteiger partial charge on any atom is -0.489 e. The average molecular weight is 466 g/mol. The molecule has 0 amide bonds. The number of nitrogens with zero attached hydrogens (tertiary/aromatic N) is 2. The van der Waals surface area contributed by atoms with E-state index in [-0.39, 0.29) is 6.04 Å². The van der Waals surface area contributed by atoms with Crippen LogP contribution in [0.25, 0.3) is 0 Å². The van der Waals surface area contributed by atoms with Gasteiger partial charge in [-0.3, -0.25) is 0 Å². The van der Waals surface area contributed by atoms with E-state index >= 15 is 0 Å². The number of anilines is 1. The number of benzene rings is 1. The molecule has 0 bridgehead atoms. The van der Waals surface area contributed by atoms with Crippen LogP contribution < -0.4 is 9.64 Å². The Kier molecular flexibility index (Phi) is 5.09. The molecule has 146 valence electrons. The number of hydrogen-bond acceptors (Lipinski definition) is 4. The summed E-state index contributed by atoms with van der Waals surface area (Å²) in [6.07, 6.45) is 0.761. The largest absolute Gasteiger partial charge is 0.489 e. The summed E-state index contributed by atoms with van der Waals surface area (Å²) in [7, 11) is -3.41. The van der Waals surface area contributed by atoms with Crippen LogP contribution in [-0.4, -0.2) is 48.7 Å². The second-order valence-electron chi connectivity index (χ2n) is 8.60. The zero-order valence-electron chi connectivity index (χ0n) is 15.8. The standard InChI is InChI=1S/C18H26BrClN2O3S/c1-17(2,3)26(23,24)22-11-13(10-18(22,4)5)21-6-7-25-15-9-12(20)8-14(19)16(15)21/h8-9,13H,6-7,10-11H2,1-5H3. The van der Waals surface area contributed by atoms with Crippen LogP contribution in [0.1, 0.15) is 41.0 Å². The highest BCUT2D eigenvalue weighted by Gasteiger charge is 2.50. The van der Waals surface area contributed by atoms with Crippen molar-refractivity contribution >= 4 is 43.2 Å². The minimum absolute atomic E-state index is 0.0854. The zero-order valence-corrected chi connectivity index (χ0v) is 19.0. The normalized spacial score (nSPS) is 23.7. The molecule has 2 heterocycles. The first kappa shape index (κ1) is 20.2. The average Bonchev–Trinajstić information content (AvgIpc) is 2.81. The van der Waals surface area contributed by atoms with Gasteiger partial charge in [0.25, 0.3) is 0 Å². The number of sulfonamides is 1. The molecule has 0 spiro atoms. The van der Waals surface area contributed by atoms with Gasteiger partial charge in [0.15, 0.2) is 0 Å². The van der Waals surface area contributed by atoms with Gasteiger partial charge in [-0.1, -0.05) is 11.6 Å². The van der Waals surface area contributed by atoms with Crippen LogP contribution in [0.5, 0.6) is 5.75 Å². The Hall–Kier alpha value is -0.500. The maximum absolute atomic E-state index is 13.1. The summed E-state index contributed by atoms with van der Waals surface area (Å²) in [4.78, 5) is 2.26. The van der Waals surface area contributed by atoms with E-state index < -0.39 is 20.3 Å². The Morgan fingerprint density at radius 1 is 1.31 bits per heavy atom. The monoisotopic (exact) mass is 464 g/mol. The van der Waals surface area contributed by atoms with Gasteiger partial charge in [0.1, 0.15) is 12.4 Å². The Bertz CT molecular complexity index is 820. The molecule has 2 aliphatic heterocycles. The summed E-state index contributed by atoms with van der Waals surface area (Å²) < 4.78 is 33.7. The van der Waals surface area contributed by atoms with Gasteiger partial charge in [-0.2, -0.15) is 4.31 Å². The van der Waals surface area contributed by atoms with E-state index in [0.717, 1.165) is 28.9 Å². The van der Waals surface area contributed by atoms with Gasteiger partial charge in [0.2, 0.25) is 10.0 Å². The van der Waals surface area contributed by atoms with Crippen LogP contribution in [0.15, 0.2) is 16.6 Å². The zero-order chi connectivity index (χ0) is 19.5. The van der Waals surface area contributed by atoms with Gasteiger partial charge in [0.05, 0.1) is 17.0 Å². The van der Waals surface area contributed by atoms with Crippen molar-refractivity contribution in [3.8, 4) is 5.75 Å². The van der Waals surface area contributed by atoms with E-state index in [1.165, 1.54) is 0 Å². The molecule has 0 aromatic heterocycles. The van der Waals surface area contributed by atoms with Crippen LogP contribution >= 0.6 is 27.5 Å². The predicted molar refractivity (Wildman–Crippen MR) is 110 cm³/mol. The van der Waals surface area contributed by atoms with Crippen molar-refractivity contribution in [1.82, 2.24) is 4.31 Å². The molecule has 2 aliphatic rings. The summed E-state index contributed by atoms with van der Waals surface area (Å²) in [6, 6.07) is 3.76. The van der Waals surface area contributed by atoms with Crippen molar-refractivity contribution in [3.05, 3.63) is 21.6 Å². The molecular weight excluding hydrogens is 440 g/mol. The van der Waals surface area contributed by atoms with E-state index in [0.29, 0.717) is 18.2 Å². The first-order valence-corrected chi connectivity index (χ1v) is 11.4. The van der Waals surface area contributed by atoms with Gasteiger partial charge in [-0.15, -0.1) is 0 Å². The van der Waals surface area contributed by atoms with Crippen LogP contribution in [-0.2, 0) is 10.0 Å². The van der Waals surface area contributed by atoms with Gasteiger partial charge in [0, 0.05) is 33.7 Å². The van der Waals surface area contributed by atoms with Crippen LogP contribution in [0.2, 0.25) is 5.02 Å². The van der Waals surface area contributed by atoms with Crippen molar-refractivity contribution in [2.45, 2.75) is 57.4 Å². The molecule has 1 fully saturated rings. The third-order valence-electron chi connectivity index (χ3n) is 5.16. The van der Waals surface area contributed by atoms with Crippen molar-refractivity contribution in [3.63, 3.8) is 0 Å². The van der Waals surface area contributed by atoms with Gasteiger partial charge in [-0.05, 0) is 63.0 Å². The van der Waals surface area contributed by atoms with Gasteiger partial charge in [-0.25, -0.2) is 8.42 Å². The van der Waals surface area contributed by atoms with Crippen molar-refractivity contribution in [2.75, 3.05) is 24.6 Å². The highest BCUT2D eigenvalue weighted by molar-refractivity contribution is 9.10. The predicted octanol–water partition coefficient (Wildman–Crippen LogP) is 4.28. The molecule has 0 aliphatic carbocycles. The van der Waals surface area contributed by atoms with E-state index in [1.807, 2.05) is 26.0 Å². The maximum Gasteiger partial charge on any atom is 0.219 e. The molecule has 5 nitrogen and oxygen atoms in total.